The lowest BCUT2D eigenvalue weighted by Gasteiger charge is -2.18. The van der Waals surface area contributed by atoms with Gasteiger partial charge in [0.05, 0.1) is 0 Å². The second-order valence-corrected chi connectivity index (χ2v) is 21.6. The first-order chi connectivity index (χ1) is 38.5. The van der Waals surface area contributed by atoms with Crippen LogP contribution in [-0.4, -0.2) is 37.2 Å². The predicted octanol–water partition coefficient (Wildman–Crippen LogP) is 22.6. The molecule has 6 heteroatoms. The van der Waals surface area contributed by atoms with Gasteiger partial charge in [0, 0.05) is 19.3 Å². The molecule has 0 aliphatic rings. The summed E-state index contributed by atoms with van der Waals surface area (Å²) in [4.78, 5) is 38.2. The number of rotatable bonds is 59. The van der Waals surface area contributed by atoms with Crippen LogP contribution in [0, 0.1) is 0 Å². The van der Waals surface area contributed by atoms with Crippen molar-refractivity contribution in [3.8, 4) is 0 Å². The van der Waals surface area contributed by atoms with Gasteiger partial charge in [-0.3, -0.25) is 14.4 Å². The Balaban J connectivity index is 4.17. The molecule has 0 rings (SSSR count). The molecule has 0 saturated carbocycles. The first-order valence-corrected chi connectivity index (χ1v) is 32.9. The molecule has 78 heavy (non-hydrogen) atoms. The highest BCUT2D eigenvalue weighted by Gasteiger charge is 2.19. The summed E-state index contributed by atoms with van der Waals surface area (Å²) in [6.07, 6.45) is 89.7. The van der Waals surface area contributed by atoms with Gasteiger partial charge >= 0.3 is 17.9 Å². The first kappa shape index (κ1) is 74.1. The van der Waals surface area contributed by atoms with Gasteiger partial charge < -0.3 is 14.2 Å². The third-order valence-electron chi connectivity index (χ3n) is 14.0. The Bertz CT molecular complexity index is 1570. The second-order valence-electron chi connectivity index (χ2n) is 21.6. The molecule has 0 aromatic heterocycles. The van der Waals surface area contributed by atoms with Gasteiger partial charge in [0.25, 0.3) is 0 Å². The molecule has 0 saturated heterocycles. The van der Waals surface area contributed by atoms with E-state index >= 15 is 0 Å². The van der Waals surface area contributed by atoms with Gasteiger partial charge in [-0.1, -0.05) is 297 Å². The molecule has 446 valence electrons. The number of esters is 3. The van der Waals surface area contributed by atoms with Gasteiger partial charge in [-0.2, -0.15) is 0 Å². The van der Waals surface area contributed by atoms with Crippen LogP contribution in [0.25, 0.3) is 0 Å². The van der Waals surface area contributed by atoms with E-state index in [1.807, 2.05) is 0 Å². The zero-order valence-electron chi connectivity index (χ0n) is 51.2. The quantitative estimate of drug-likeness (QED) is 0.0261. The van der Waals surface area contributed by atoms with Crippen LogP contribution < -0.4 is 0 Å². The van der Waals surface area contributed by atoms with Crippen LogP contribution in [0.4, 0.5) is 0 Å². The molecule has 0 bridgehead atoms. The Labute approximate surface area is 482 Å². The second kappa shape index (κ2) is 65.6. The molecule has 1 atom stereocenters. The standard InChI is InChI=1S/C72H122O6/c1-4-7-10-13-16-19-22-25-27-28-29-30-31-32-33-34-35-36-37-38-39-40-41-42-43-44-46-47-50-53-56-59-62-65-71(74)77-68-69(67-76-70(73)64-61-58-55-52-49-24-21-18-15-12-9-6-3)78-72(75)66-63-60-57-54-51-48-45-26-23-20-17-14-11-8-5-2/h7-8,10-11,16-17,19-20,25-27,29-30,32-33,35-36,45,69H,4-6,9,12-15,18,21-24,28,31,34,37-44,46-68H2,1-3H3/b10-7-,11-8-,19-16-,20-17-,27-25-,30-29-,33-32-,36-35-,45-26-. The molecule has 0 aliphatic carbocycles. The van der Waals surface area contributed by atoms with E-state index in [0.29, 0.717) is 19.3 Å². The minimum absolute atomic E-state index is 0.0817. The minimum atomic E-state index is -0.786. The van der Waals surface area contributed by atoms with E-state index in [9.17, 15) is 14.4 Å². The molecule has 1 unspecified atom stereocenters. The van der Waals surface area contributed by atoms with Gasteiger partial charge in [-0.15, -0.1) is 0 Å². The fourth-order valence-electron chi connectivity index (χ4n) is 9.17. The molecular weight excluding hydrogens is 961 g/mol. The molecule has 0 N–H and O–H groups in total. The van der Waals surface area contributed by atoms with Gasteiger partial charge in [0.15, 0.2) is 6.10 Å². The van der Waals surface area contributed by atoms with Crippen molar-refractivity contribution in [2.24, 2.45) is 0 Å². The number of ether oxygens (including phenoxy) is 3. The minimum Gasteiger partial charge on any atom is -0.462 e. The predicted molar refractivity (Wildman–Crippen MR) is 339 cm³/mol. The monoisotopic (exact) mass is 1080 g/mol. The van der Waals surface area contributed by atoms with Crippen molar-refractivity contribution in [1.82, 2.24) is 0 Å². The van der Waals surface area contributed by atoms with E-state index < -0.39 is 6.10 Å². The normalized spacial score (nSPS) is 12.8. The third kappa shape index (κ3) is 62.9. The van der Waals surface area contributed by atoms with Crippen molar-refractivity contribution in [3.05, 3.63) is 109 Å². The van der Waals surface area contributed by atoms with Crippen LogP contribution in [0.5, 0.6) is 0 Å². The number of hydrogen-bond acceptors (Lipinski definition) is 6. The van der Waals surface area contributed by atoms with Crippen molar-refractivity contribution in [2.45, 2.75) is 316 Å². The van der Waals surface area contributed by atoms with Crippen LogP contribution >= 0.6 is 0 Å². The third-order valence-corrected chi connectivity index (χ3v) is 14.0. The maximum Gasteiger partial charge on any atom is 0.306 e. The van der Waals surface area contributed by atoms with Gasteiger partial charge in [-0.05, 0) is 103 Å². The first-order valence-electron chi connectivity index (χ1n) is 32.9. The number of hydrogen-bond donors (Lipinski definition) is 0. The maximum absolute atomic E-state index is 12.9. The van der Waals surface area contributed by atoms with Gasteiger partial charge in [0.2, 0.25) is 0 Å². The number of allylic oxidation sites excluding steroid dienone is 18. The van der Waals surface area contributed by atoms with E-state index in [1.165, 1.54) is 135 Å². The Kier molecular flexibility index (Phi) is 62.3. The average Bonchev–Trinajstić information content (AvgIpc) is 3.44. The molecule has 0 fully saturated rings. The molecule has 0 radical (unpaired) electrons. The maximum atomic E-state index is 12.9. The molecule has 0 aromatic carbocycles. The Morgan fingerprint density at radius 1 is 0.269 bits per heavy atom. The Morgan fingerprint density at radius 3 is 0.782 bits per heavy atom. The highest BCUT2D eigenvalue weighted by atomic mass is 16.6. The average molecular weight is 1080 g/mol. The lowest BCUT2D eigenvalue weighted by molar-refractivity contribution is -0.167. The van der Waals surface area contributed by atoms with Crippen molar-refractivity contribution in [1.29, 1.82) is 0 Å². The van der Waals surface area contributed by atoms with Crippen LogP contribution in [0.1, 0.15) is 310 Å². The zero-order chi connectivity index (χ0) is 56.4. The van der Waals surface area contributed by atoms with Crippen LogP contribution in [-0.2, 0) is 28.6 Å². The summed E-state index contributed by atoms with van der Waals surface area (Å²) in [5, 5.41) is 0. The summed E-state index contributed by atoms with van der Waals surface area (Å²) in [5.74, 6) is -0.890. The summed E-state index contributed by atoms with van der Waals surface area (Å²) >= 11 is 0. The van der Waals surface area contributed by atoms with Crippen LogP contribution in [0.3, 0.4) is 0 Å². The molecule has 0 heterocycles. The SMILES string of the molecule is CC/C=C\C/C=C\C/C=C\C/C=C\C/C=C\C/C=C\CCCCCCCCCCCCCCCCC(=O)OCC(COC(=O)CCCCCCCCCCCCCC)OC(=O)CCCCCCC/C=C\C/C=C\C/C=C\CC. The lowest BCUT2D eigenvalue weighted by Crippen LogP contribution is -2.30. The Morgan fingerprint density at radius 2 is 0.500 bits per heavy atom. The summed E-state index contributed by atoms with van der Waals surface area (Å²) in [6, 6.07) is 0. The van der Waals surface area contributed by atoms with E-state index in [4.69, 9.17) is 14.2 Å². The van der Waals surface area contributed by atoms with Crippen LogP contribution in [0.15, 0.2) is 109 Å². The fraction of sp³-hybridized carbons (Fsp3) is 0.708. The summed E-state index contributed by atoms with van der Waals surface area (Å²) in [6.45, 7) is 6.42. The number of carbonyl (C=O) groups excluding carboxylic acids is 3. The molecular formula is C72H122O6. The highest BCUT2D eigenvalue weighted by molar-refractivity contribution is 5.71. The molecule has 0 amide bonds. The summed E-state index contributed by atoms with van der Waals surface area (Å²) in [7, 11) is 0. The summed E-state index contributed by atoms with van der Waals surface area (Å²) in [5.41, 5.74) is 0. The fourth-order valence-corrected chi connectivity index (χ4v) is 9.17. The Hall–Kier alpha value is -3.93. The number of unbranched alkanes of at least 4 members (excludes halogenated alkanes) is 30. The number of carbonyl (C=O) groups is 3. The molecule has 0 aliphatic heterocycles. The van der Waals surface area contributed by atoms with Crippen molar-refractivity contribution in [3.63, 3.8) is 0 Å². The summed E-state index contributed by atoms with van der Waals surface area (Å²) < 4.78 is 16.9. The molecule has 0 aromatic rings. The van der Waals surface area contributed by atoms with Crippen LogP contribution in [0.2, 0.25) is 0 Å². The zero-order valence-corrected chi connectivity index (χ0v) is 51.2. The van der Waals surface area contributed by atoms with E-state index in [0.717, 1.165) is 135 Å². The van der Waals surface area contributed by atoms with Crippen molar-refractivity contribution in [2.75, 3.05) is 13.2 Å². The van der Waals surface area contributed by atoms with Crippen molar-refractivity contribution < 1.29 is 28.6 Å². The van der Waals surface area contributed by atoms with Gasteiger partial charge in [0.1, 0.15) is 13.2 Å². The molecule has 0 spiro atoms. The van der Waals surface area contributed by atoms with Crippen molar-refractivity contribution >= 4 is 17.9 Å². The highest BCUT2D eigenvalue weighted by Crippen LogP contribution is 2.17. The molecule has 6 nitrogen and oxygen atoms in total. The lowest BCUT2D eigenvalue weighted by atomic mass is 10.0. The smallest absolute Gasteiger partial charge is 0.306 e. The topological polar surface area (TPSA) is 78.9 Å². The van der Waals surface area contributed by atoms with Gasteiger partial charge in [-0.25, -0.2) is 0 Å². The van der Waals surface area contributed by atoms with E-state index in [-0.39, 0.29) is 31.1 Å². The van der Waals surface area contributed by atoms with E-state index in [2.05, 4.69) is 130 Å². The largest absolute Gasteiger partial charge is 0.462 e. The van der Waals surface area contributed by atoms with E-state index in [1.54, 1.807) is 0 Å².